The van der Waals surface area contributed by atoms with Gasteiger partial charge in [0.2, 0.25) is 11.8 Å². The summed E-state index contributed by atoms with van der Waals surface area (Å²) >= 11 is 14.5. The molecule has 0 aliphatic heterocycles. The van der Waals surface area contributed by atoms with Gasteiger partial charge in [-0.25, -0.2) is 0 Å². The molecule has 7 heteroatoms. The Morgan fingerprint density at radius 3 is 2.19 bits per heavy atom. The van der Waals surface area contributed by atoms with Crippen molar-refractivity contribution in [1.82, 2.24) is 10.2 Å². The molecule has 2 amide bonds. The summed E-state index contributed by atoms with van der Waals surface area (Å²) in [5.41, 5.74) is 3.96. The lowest BCUT2D eigenvalue weighted by molar-refractivity contribution is -0.139. The molecular weight excluding hydrogens is 523 g/mol. The lowest BCUT2D eigenvalue weighted by Crippen LogP contribution is -2.52. The third-order valence-corrected chi connectivity index (χ3v) is 7.97. The molecule has 4 nitrogen and oxygen atoms in total. The van der Waals surface area contributed by atoms with Crippen molar-refractivity contribution in [2.24, 2.45) is 0 Å². The average molecular weight is 558 g/mol. The van der Waals surface area contributed by atoms with Crippen molar-refractivity contribution < 1.29 is 9.59 Å². The Morgan fingerprint density at radius 1 is 0.919 bits per heavy atom. The zero-order valence-electron chi connectivity index (χ0n) is 21.5. The van der Waals surface area contributed by atoms with Crippen LogP contribution in [-0.2, 0) is 28.3 Å². The van der Waals surface area contributed by atoms with Crippen LogP contribution in [0.5, 0.6) is 0 Å². The van der Waals surface area contributed by atoms with Crippen molar-refractivity contribution >= 4 is 46.8 Å². The monoisotopic (exact) mass is 556 g/mol. The van der Waals surface area contributed by atoms with Gasteiger partial charge in [0.05, 0.1) is 5.75 Å². The van der Waals surface area contributed by atoms with E-state index in [1.165, 1.54) is 17.3 Å². The number of nitrogens with zero attached hydrogens (tertiary/aromatic N) is 1. The molecule has 3 rings (SSSR count). The van der Waals surface area contributed by atoms with Crippen LogP contribution in [0.3, 0.4) is 0 Å². The number of nitrogens with one attached hydrogen (secondary N) is 1. The first-order valence-corrected chi connectivity index (χ1v) is 14.4. The maximum Gasteiger partial charge on any atom is 0.243 e. The molecule has 196 valence electrons. The smallest absolute Gasteiger partial charge is 0.243 e. The molecule has 0 aliphatic carbocycles. The highest BCUT2D eigenvalue weighted by Crippen LogP contribution is 2.28. The quantitative estimate of drug-likeness (QED) is 0.259. The lowest BCUT2D eigenvalue weighted by Gasteiger charge is -2.32. The number of carbonyl (C=O) groups is 2. The highest BCUT2D eigenvalue weighted by Gasteiger charge is 2.31. The zero-order chi connectivity index (χ0) is 26.8. The van der Waals surface area contributed by atoms with Gasteiger partial charge in [-0.15, -0.1) is 11.8 Å². The first-order valence-electron chi connectivity index (χ1n) is 12.5. The lowest BCUT2D eigenvalue weighted by atomic mass is 10.0. The van der Waals surface area contributed by atoms with Crippen LogP contribution in [0.25, 0.3) is 0 Å². The summed E-state index contributed by atoms with van der Waals surface area (Å²) in [6, 6.07) is 22.6. The van der Waals surface area contributed by atoms with Gasteiger partial charge in [-0.05, 0) is 43.5 Å². The molecule has 0 radical (unpaired) electrons. The number of thioether (sulfide) groups is 1. The van der Waals surface area contributed by atoms with E-state index >= 15 is 0 Å². The normalized spacial score (nSPS) is 12.6. The molecule has 3 aromatic carbocycles. The third kappa shape index (κ3) is 8.80. The standard InChI is InChI=1S/C30H34Cl2N2O2S/c1-4-22(3)33-30(36)28(17-23-9-6-5-7-10-23)34(18-25-26(31)11-8-12-27(25)32)29(35)20-37-19-24-15-13-21(2)14-16-24/h5-16,22,28H,4,17-20H2,1-3H3,(H,33,36)/t22-,28-/m0/s1. The SMILES string of the molecule is CC[C@H](C)NC(=O)[C@H](Cc1ccccc1)N(Cc1c(Cl)cccc1Cl)C(=O)CSCc1ccc(C)cc1. The van der Waals surface area contributed by atoms with E-state index in [9.17, 15) is 9.59 Å². The van der Waals surface area contributed by atoms with Crippen LogP contribution in [0.1, 0.15) is 42.5 Å². The van der Waals surface area contributed by atoms with Crippen LogP contribution in [0, 0.1) is 6.92 Å². The minimum atomic E-state index is -0.712. The summed E-state index contributed by atoms with van der Waals surface area (Å²) in [5, 5.41) is 4.02. The molecule has 2 atom stereocenters. The molecule has 3 aromatic rings. The Morgan fingerprint density at radius 2 is 1.57 bits per heavy atom. The van der Waals surface area contributed by atoms with Gasteiger partial charge in [0.25, 0.3) is 0 Å². The van der Waals surface area contributed by atoms with Crippen LogP contribution in [0.4, 0.5) is 0 Å². The summed E-state index contributed by atoms with van der Waals surface area (Å²) in [6.45, 7) is 6.18. The topological polar surface area (TPSA) is 49.4 Å². The van der Waals surface area contributed by atoms with Crippen molar-refractivity contribution in [3.8, 4) is 0 Å². The van der Waals surface area contributed by atoms with Crippen molar-refractivity contribution in [2.45, 2.75) is 58.0 Å². The number of hydrogen-bond acceptors (Lipinski definition) is 3. The number of rotatable bonds is 12. The van der Waals surface area contributed by atoms with Gasteiger partial charge >= 0.3 is 0 Å². The molecule has 0 bridgehead atoms. The molecule has 0 unspecified atom stereocenters. The van der Waals surface area contributed by atoms with Gasteiger partial charge in [0.1, 0.15) is 6.04 Å². The summed E-state index contributed by atoms with van der Waals surface area (Å²) in [6.07, 6.45) is 1.18. The average Bonchev–Trinajstić information content (AvgIpc) is 2.89. The zero-order valence-corrected chi connectivity index (χ0v) is 23.9. The van der Waals surface area contributed by atoms with E-state index in [0.29, 0.717) is 27.8 Å². The van der Waals surface area contributed by atoms with Gasteiger partial charge < -0.3 is 10.2 Å². The van der Waals surface area contributed by atoms with Crippen molar-refractivity contribution in [3.05, 3.63) is 105 Å². The van der Waals surface area contributed by atoms with E-state index in [4.69, 9.17) is 23.2 Å². The van der Waals surface area contributed by atoms with E-state index in [0.717, 1.165) is 17.5 Å². The second-order valence-corrected chi connectivity index (χ2v) is 11.0. The van der Waals surface area contributed by atoms with E-state index < -0.39 is 6.04 Å². The van der Waals surface area contributed by atoms with E-state index in [1.807, 2.05) is 44.2 Å². The number of halogens is 2. The van der Waals surface area contributed by atoms with Gasteiger partial charge in [-0.2, -0.15) is 0 Å². The molecule has 0 saturated carbocycles. The number of hydrogen-bond donors (Lipinski definition) is 1. The maximum absolute atomic E-state index is 13.7. The maximum atomic E-state index is 13.7. The first-order chi connectivity index (χ1) is 17.8. The number of carbonyl (C=O) groups excluding carboxylic acids is 2. The van der Waals surface area contributed by atoms with E-state index in [2.05, 4.69) is 36.5 Å². The summed E-state index contributed by atoms with van der Waals surface area (Å²) in [7, 11) is 0. The predicted molar refractivity (Wildman–Crippen MR) is 156 cm³/mol. The van der Waals surface area contributed by atoms with Crippen LogP contribution in [-0.4, -0.2) is 34.6 Å². The fraction of sp³-hybridized carbons (Fsp3) is 0.333. The van der Waals surface area contributed by atoms with Gasteiger partial charge in [0.15, 0.2) is 0 Å². The summed E-state index contributed by atoms with van der Waals surface area (Å²) in [5.74, 6) is 0.624. The minimum Gasteiger partial charge on any atom is -0.352 e. The largest absolute Gasteiger partial charge is 0.352 e. The first kappa shape index (κ1) is 29.1. The molecule has 0 aliphatic rings. The number of aryl methyl sites for hydroxylation is 1. The van der Waals surface area contributed by atoms with E-state index in [1.54, 1.807) is 23.1 Å². The molecule has 0 fully saturated rings. The minimum absolute atomic E-state index is 0.0115. The third-order valence-electron chi connectivity index (χ3n) is 6.28. The Balaban J connectivity index is 1.90. The Labute approximate surface area is 234 Å². The second kappa shape index (κ2) is 14.5. The fourth-order valence-electron chi connectivity index (χ4n) is 3.87. The van der Waals surface area contributed by atoms with Gasteiger partial charge in [-0.3, -0.25) is 9.59 Å². The Kier molecular flexibility index (Phi) is 11.4. The molecule has 0 heterocycles. The predicted octanol–water partition coefficient (Wildman–Crippen LogP) is 7.09. The van der Waals surface area contributed by atoms with Crippen LogP contribution >= 0.6 is 35.0 Å². The van der Waals surface area contributed by atoms with Crippen LogP contribution in [0.15, 0.2) is 72.8 Å². The second-order valence-electron chi connectivity index (χ2n) is 9.22. The molecule has 0 spiro atoms. The molecule has 0 saturated heterocycles. The number of benzene rings is 3. The highest BCUT2D eigenvalue weighted by atomic mass is 35.5. The van der Waals surface area contributed by atoms with Crippen LogP contribution in [0.2, 0.25) is 10.0 Å². The van der Waals surface area contributed by atoms with Gasteiger partial charge in [0, 0.05) is 40.4 Å². The summed E-state index contributed by atoms with van der Waals surface area (Å²) < 4.78 is 0. The van der Waals surface area contributed by atoms with Gasteiger partial charge in [-0.1, -0.05) is 96.4 Å². The van der Waals surface area contributed by atoms with Crippen molar-refractivity contribution in [1.29, 1.82) is 0 Å². The molecule has 1 N–H and O–H groups in total. The highest BCUT2D eigenvalue weighted by molar-refractivity contribution is 7.99. The fourth-order valence-corrected chi connectivity index (χ4v) is 5.26. The van der Waals surface area contributed by atoms with Crippen molar-refractivity contribution in [3.63, 3.8) is 0 Å². The summed E-state index contributed by atoms with van der Waals surface area (Å²) in [4.78, 5) is 29.0. The molecular formula is C30H34Cl2N2O2S. The molecule has 0 aromatic heterocycles. The van der Waals surface area contributed by atoms with Crippen molar-refractivity contribution in [2.75, 3.05) is 5.75 Å². The Hall–Kier alpha value is -2.47. The molecule has 37 heavy (non-hydrogen) atoms. The van der Waals surface area contributed by atoms with Crippen LogP contribution < -0.4 is 5.32 Å². The number of amides is 2. The Bertz CT molecular complexity index is 1150. The van der Waals surface area contributed by atoms with E-state index in [-0.39, 0.29) is 30.2 Å².